The number of rotatable bonds is 4. The van der Waals surface area contributed by atoms with Gasteiger partial charge in [-0.05, 0) is 40.0 Å². The Morgan fingerprint density at radius 2 is 2.19 bits per heavy atom. The number of methoxy groups -OCH3 is 1. The highest BCUT2D eigenvalue weighted by Gasteiger charge is 2.39. The van der Waals surface area contributed by atoms with Crippen LogP contribution in [0.1, 0.15) is 33.8 Å². The molecule has 1 aromatic heterocycles. The van der Waals surface area contributed by atoms with Gasteiger partial charge in [0.05, 0.1) is 16.1 Å². The molecule has 1 aromatic carbocycles. The van der Waals surface area contributed by atoms with Crippen LogP contribution in [0.2, 0.25) is 0 Å². The fraction of sp³-hybridized carbons (Fsp3) is 0.333. The van der Waals surface area contributed by atoms with E-state index in [0.717, 1.165) is 25.6 Å². The number of fused-ring (bicyclic) bond motifs is 1. The number of halogens is 1. The number of nitrogens with zero attached hydrogens (tertiary/aromatic N) is 2. The number of nitrogens with one attached hydrogen (secondary N) is 1. The van der Waals surface area contributed by atoms with Crippen LogP contribution in [-0.2, 0) is 27.5 Å². The average molecular weight is 450 g/mol. The Bertz CT molecular complexity index is 958. The molecule has 1 unspecified atom stereocenters. The van der Waals surface area contributed by atoms with E-state index >= 15 is 0 Å². The van der Waals surface area contributed by atoms with Gasteiger partial charge in [-0.2, -0.15) is 0 Å². The van der Waals surface area contributed by atoms with Crippen molar-refractivity contribution in [2.24, 2.45) is 0 Å². The molecule has 3 heterocycles. The molecule has 1 saturated heterocycles. The van der Waals surface area contributed by atoms with E-state index in [4.69, 9.17) is 4.74 Å². The minimum atomic E-state index is -0.606. The summed E-state index contributed by atoms with van der Waals surface area (Å²) in [7, 11) is 1.62. The fourth-order valence-electron chi connectivity index (χ4n) is 3.43. The number of hydrogen-bond acceptors (Lipinski definition) is 6. The van der Waals surface area contributed by atoms with Gasteiger partial charge in [-0.25, -0.2) is 4.98 Å². The van der Waals surface area contributed by atoms with Crippen LogP contribution >= 0.6 is 27.3 Å². The Labute approximate surface area is 167 Å². The van der Waals surface area contributed by atoms with Gasteiger partial charge in [-0.1, -0.05) is 6.07 Å². The molecular formula is C18H16BrN3O4S. The molecular weight excluding hydrogens is 434 g/mol. The summed E-state index contributed by atoms with van der Waals surface area (Å²) >= 11 is 5.05. The lowest BCUT2D eigenvalue weighted by molar-refractivity contribution is -0.136. The Kier molecular flexibility index (Phi) is 4.83. The summed E-state index contributed by atoms with van der Waals surface area (Å²) in [5, 5.41) is 3.18. The molecule has 2 aliphatic heterocycles. The lowest BCUT2D eigenvalue weighted by atomic mass is 10.0. The monoisotopic (exact) mass is 449 g/mol. The lowest BCUT2D eigenvalue weighted by Gasteiger charge is -2.29. The van der Waals surface area contributed by atoms with Gasteiger partial charge in [0.2, 0.25) is 11.8 Å². The number of thiazole rings is 1. The smallest absolute Gasteiger partial charge is 0.255 e. The van der Waals surface area contributed by atoms with Crippen LogP contribution in [0, 0.1) is 0 Å². The topological polar surface area (TPSA) is 88.6 Å². The lowest BCUT2D eigenvalue weighted by Crippen LogP contribution is -2.52. The highest BCUT2D eigenvalue weighted by molar-refractivity contribution is 9.11. The van der Waals surface area contributed by atoms with E-state index in [1.165, 1.54) is 11.3 Å². The fourth-order valence-corrected chi connectivity index (χ4v) is 5.09. The Balaban J connectivity index is 1.61. The number of imide groups is 1. The van der Waals surface area contributed by atoms with E-state index < -0.39 is 11.9 Å². The molecule has 27 heavy (non-hydrogen) atoms. The van der Waals surface area contributed by atoms with E-state index in [0.29, 0.717) is 25.1 Å². The SMILES string of the molecule is COCc1nc(-c2ccc3c(c2)CN(C2CCC(=O)NC2=O)C3=O)c(Br)s1. The predicted molar refractivity (Wildman–Crippen MR) is 102 cm³/mol. The van der Waals surface area contributed by atoms with Gasteiger partial charge in [0.1, 0.15) is 11.0 Å². The molecule has 0 radical (unpaired) electrons. The van der Waals surface area contributed by atoms with E-state index in [1.54, 1.807) is 18.1 Å². The number of hydrogen-bond donors (Lipinski definition) is 1. The summed E-state index contributed by atoms with van der Waals surface area (Å²) in [5.41, 5.74) is 3.15. The van der Waals surface area contributed by atoms with Crippen LogP contribution in [0.25, 0.3) is 11.3 Å². The number of ether oxygens (including phenoxy) is 1. The second-order valence-electron chi connectivity index (χ2n) is 6.43. The van der Waals surface area contributed by atoms with Crippen molar-refractivity contribution >= 4 is 45.0 Å². The first-order chi connectivity index (χ1) is 13.0. The quantitative estimate of drug-likeness (QED) is 0.724. The van der Waals surface area contributed by atoms with Crippen molar-refractivity contribution in [1.29, 1.82) is 0 Å². The molecule has 1 atom stereocenters. The molecule has 0 saturated carbocycles. The first kappa shape index (κ1) is 18.3. The molecule has 2 aliphatic rings. The van der Waals surface area contributed by atoms with Crippen LogP contribution in [0.5, 0.6) is 0 Å². The molecule has 4 rings (SSSR count). The van der Waals surface area contributed by atoms with Gasteiger partial charge in [-0.15, -0.1) is 11.3 Å². The van der Waals surface area contributed by atoms with Crippen molar-refractivity contribution in [2.75, 3.05) is 7.11 Å². The van der Waals surface area contributed by atoms with Crippen molar-refractivity contribution in [2.45, 2.75) is 32.0 Å². The van der Waals surface area contributed by atoms with Crippen LogP contribution in [0.3, 0.4) is 0 Å². The minimum Gasteiger partial charge on any atom is -0.378 e. The standard InChI is InChI=1S/C18H16BrN3O4S/c1-26-8-14-21-15(16(19)27-14)9-2-3-11-10(6-9)7-22(18(11)25)12-4-5-13(23)20-17(12)24/h2-3,6,12H,4-5,7-8H2,1H3,(H,20,23,24). The molecule has 3 amide bonds. The first-order valence-corrected chi connectivity index (χ1v) is 10.0. The van der Waals surface area contributed by atoms with Gasteiger partial charge in [0.15, 0.2) is 0 Å². The van der Waals surface area contributed by atoms with Gasteiger partial charge in [0, 0.05) is 31.2 Å². The number of carbonyl (C=O) groups excluding carboxylic acids is 3. The minimum absolute atomic E-state index is 0.177. The number of carbonyl (C=O) groups is 3. The third-order valence-corrected chi connectivity index (χ3v) is 6.37. The van der Waals surface area contributed by atoms with Gasteiger partial charge < -0.3 is 9.64 Å². The summed E-state index contributed by atoms with van der Waals surface area (Å²) < 4.78 is 6.04. The van der Waals surface area contributed by atoms with Crippen molar-refractivity contribution < 1.29 is 19.1 Å². The van der Waals surface area contributed by atoms with Gasteiger partial charge >= 0.3 is 0 Å². The van der Waals surface area contributed by atoms with Crippen LogP contribution in [0.4, 0.5) is 0 Å². The zero-order chi connectivity index (χ0) is 19.1. The number of amides is 3. The maximum Gasteiger partial charge on any atom is 0.255 e. The maximum atomic E-state index is 12.7. The summed E-state index contributed by atoms with van der Waals surface area (Å²) in [4.78, 5) is 42.4. The largest absolute Gasteiger partial charge is 0.378 e. The molecule has 9 heteroatoms. The highest BCUT2D eigenvalue weighted by atomic mass is 79.9. The van der Waals surface area contributed by atoms with Crippen LogP contribution in [0.15, 0.2) is 22.0 Å². The summed E-state index contributed by atoms with van der Waals surface area (Å²) in [6.45, 7) is 0.789. The molecule has 0 aliphatic carbocycles. The van der Waals surface area contributed by atoms with E-state index in [-0.39, 0.29) is 18.2 Å². The average Bonchev–Trinajstić information content (AvgIpc) is 3.15. The summed E-state index contributed by atoms with van der Waals surface area (Å²) in [6, 6.07) is 4.97. The van der Waals surface area contributed by atoms with Gasteiger partial charge in [0.25, 0.3) is 5.91 Å². The summed E-state index contributed by atoms with van der Waals surface area (Å²) in [6.07, 6.45) is 0.602. The maximum absolute atomic E-state index is 12.7. The van der Waals surface area contributed by atoms with Crippen LogP contribution in [-0.4, -0.2) is 40.8 Å². The Morgan fingerprint density at radius 1 is 1.37 bits per heavy atom. The zero-order valence-corrected chi connectivity index (χ0v) is 16.9. The summed E-state index contributed by atoms with van der Waals surface area (Å²) in [5.74, 6) is -0.870. The van der Waals surface area contributed by atoms with Gasteiger partial charge in [-0.3, -0.25) is 19.7 Å². The van der Waals surface area contributed by atoms with E-state index in [1.807, 2.05) is 12.1 Å². The number of piperidine rings is 1. The zero-order valence-electron chi connectivity index (χ0n) is 14.5. The molecule has 1 N–H and O–H groups in total. The van der Waals surface area contributed by atoms with Crippen molar-refractivity contribution in [3.8, 4) is 11.3 Å². The van der Waals surface area contributed by atoms with E-state index in [9.17, 15) is 14.4 Å². The number of benzene rings is 1. The molecule has 1 fully saturated rings. The Hall–Kier alpha value is -2.10. The molecule has 140 valence electrons. The van der Waals surface area contributed by atoms with Crippen LogP contribution < -0.4 is 5.32 Å². The molecule has 0 bridgehead atoms. The molecule has 7 nitrogen and oxygen atoms in total. The third-order valence-electron chi connectivity index (χ3n) is 4.69. The highest BCUT2D eigenvalue weighted by Crippen LogP contribution is 2.36. The van der Waals surface area contributed by atoms with E-state index in [2.05, 4.69) is 26.2 Å². The first-order valence-electron chi connectivity index (χ1n) is 8.40. The normalized spacial score (nSPS) is 19.4. The van der Waals surface area contributed by atoms with Crippen molar-refractivity contribution in [3.63, 3.8) is 0 Å². The number of aromatic nitrogens is 1. The Morgan fingerprint density at radius 3 is 2.93 bits per heavy atom. The van der Waals surface area contributed by atoms with Crippen molar-refractivity contribution in [1.82, 2.24) is 15.2 Å². The second-order valence-corrected chi connectivity index (χ2v) is 8.84. The predicted octanol–water partition coefficient (Wildman–Crippen LogP) is 2.48. The van der Waals surface area contributed by atoms with Crippen molar-refractivity contribution in [3.05, 3.63) is 38.1 Å². The molecule has 2 aromatic rings. The molecule has 0 spiro atoms. The second kappa shape index (κ2) is 7.14. The third kappa shape index (κ3) is 3.30.